The fourth-order valence-corrected chi connectivity index (χ4v) is 2.80. The summed E-state index contributed by atoms with van der Waals surface area (Å²) in [6.07, 6.45) is 2.34. The van der Waals surface area contributed by atoms with E-state index in [1.165, 1.54) is 23.1 Å². The Balaban J connectivity index is 2.06. The van der Waals surface area contributed by atoms with Gasteiger partial charge in [0.25, 0.3) is 0 Å². The second-order valence-corrected chi connectivity index (χ2v) is 5.72. The van der Waals surface area contributed by atoms with E-state index in [-0.39, 0.29) is 0 Å². The van der Waals surface area contributed by atoms with E-state index in [0.29, 0.717) is 6.04 Å². The van der Waals surface area contributed by atoms with Crippen LogP contribution in [0.1, 0.15) is 41.5 Å². The smallest absolute Gasteiger partial charge is 0.146 e. The Labute approximate surface area is 120 Å². The molecule has 1 saturated heterocycles. The molecule has 1 aromatic carbocycles. The molecule has 3 nitrogen and oxygen atoms in total. The van der Waals surface area contributed by atoms with Crippen LogP contribution in [0.4, 0.5) is 0 Å². The minimum Gasteiger partial charge on any atom is -0.307 e. The Hall–Kier alpha value is -1.74. The second kappa shape index (κ2) is 5.33. The highest BCUT2D eigenvalue weighted by atomic mass is 15.0. The maximum atomic E-state index is 4.81. The summed E-state index contributed by atoms with van der Waals surface area (Å²) in [6.45, 7) is 7.38. The highest BCUT2D eigenvalue weighted by Crippen LogP contribution is 2.26. The number of aromatic nitrogens is 2. The van der Waals surface area contributed by atoms with Gasteiger partial charge >= 0.3 is 0 Å². The molecule has 1 fully saturated rings. The fourth-order valence-electron chi connectivity index (χ4n) is 2.80. The van der Waals surface area contributed by atoms with Crippen molar-refractivity contribution in [1.82, 2.24) is 15.3 Å². The van der Waals surface area contributed by atoms with Crippen LogP contribution in [-0.2, 0) is 0 Å². The number of hydrogen-bond donors (Lipinski definition) is 1. The molecule has 1 unspecified atom stereocenters. The molecule has 0 aliphatic carbocycles. The lowest BCUT2D eigenvalue weighted by molar-refractivity contribution is 0.603. The van der Waals surface area contributed by atoms with Crippen molar-refractivity contribution in [2.24, 2.45) is 0 Å². The van der Waals surface area contributed by atoms with Gasteiger partial charge in [0.05, 0.1) is 11.7 Å². The van der Waals surface area contributed by atoms with Gasteiger partial charge in [-0.25, -0.2) is 9.97 Å². The summed E-state index contributed by atoms with van der Waals surface area (Å²) in [5.74, 6) is 0.943. The van der Waals surface area contributed by atoms with Gasteiger partial charge in [-0.1, -0.05) is 17.7 Å². The summed E-state index contributed by atoms with van der Waals surface area (Å²) in [6, 6.07) is 8.92. The molecular formula is C17H21N3. The van der Waals surface area contributed by atoms with Gasteiger partial charge in [0.1, 0.15) is 5.82 Å². The molecule has 2 aromatic rings. The Morgan fingerprint density at radius 1 is 1.10 bits per heavy atom. The molecule has 3 heteroatoms. The predicted octanol–water partition coefficient (Wildman–Crippen LogP) is 3.49. The van der Waals surface area contributed by atoms with E-state index in [0.717, 1.165) is 30.2 Å². The molecule has 1 N–H and O–H groups in total. The summed E-state index contributed by atoms with van der Waals surface area (Å²) >= 11 is 0. The lowest BCUT2D eigenvalue weighted by atomic mass is 10.0. The van der Waals surface area contributed by atoms with E-state index in [4.69, 9.17) is 4.98 Å². The van der Waals surface area contributed by atoms with Crippen LogP contribution in [0.5, 0.6) is 0 Å². The van der Waals surface area contributed by atoms with Crippen LogP contribution in [0.15, 0.2) is 24.3 Å². The highest BCUT2D eigenvalue weighted by molar-refractivity contribution is 5.64. The van der Waals surface area contributed by atoms with Crippen molar-refractivity contribution in [3.05, 3.63) is 46.9 Å². The van der Waals surface area contributed by atoms with Crippen LogP contribution in [0, 0.1) is 20.8 Å². The lowest BCUT2D eigenvalue weighted by Crippen LogP contribution is -2.16. The molecular weight excluding hydrogens is 246 g/mol. The largest absolute Gasteiger partial charge is 0.307 e. The summed E-state index contributed by atoms with van der Waals surface area (Å²) in [5, 5.41) is 3.48. The topological polar surface area (TPSA) is 37.8 Å². The molecule has 0 bridgehead atoms. The SMILES string of the molecule is Cc1ccc(C)c(-c2cc(C)nc(C3CCCN3)n2)c1. The summed E-state index contributed by atoms with van der Waals surface area (Å²) in [4.78, 5) is 9.43. The quantitative estimate of drug-likeness (QED) is 0.905. The molecule has 1 aromatic heterocycles. The van der Waals surface area contributed by atoms with Crippen molar-refractivity contribution in [1.29, 1.82) is 0 Å². The van der Waals surface area contributed by atoms with Crippen LogP contribution < -0.4 is 5.32 Å². The molecule has 104 valence electrons. The molecule has 1 atom stereocenters. The van der Waals surface area contributed by atoms with Crippen LogP contribution >= 0.6 is 0 Å². The van der Waals surface area contributed by atoms with Crippen LogP contribution in [0.25, 0.3) is 11.3 Å². The van der Waals surface area contributed by atoms with E-state index in [1.807, 2.05) is 0 Å². The average molecular weight is 267 g/mol. The number of benzene rings is 1. The third-order valence-corrected chi connectivity index (χ3v) is 3.91. The minimum absolute atomic E-state index is 0.318. The molecule has 20 heavy (non-hydrogen) atoms. The molecule has 1 aliphatic rings. The van der Waals surface area contributed by atoms with Gasteiger partial charge in [-0.05, 0) is 57.9 Å². The number of nitrogens with zero attached hydrogens (tertiary/aromatic N) is 2. The van der Waals surface area contributed by atoms with Gasteiger partial charge in [-0.15, -0.1) is 0 Å². The number of hydrogen-bond acceptors (Lipinski definition) is 3. The molecule has 3 rings (SSSR count). The maximum Gasteiger partial charge on any atom is 0.146 e. The molecule has 0 radical (unpaired) electrons. The predicted molar refractivity (Wildman–Crippen MR) is 81.7 cm³/mol. The van der Waals surface area contributed by atoms with E-state index in [1.54, 1.807) is 0 Å². The standard InChI is InChI=1S/C17H21N3/c1-11-6-7-12(2)14(9-11)16-10-13(3)19-17(20-16)15-5-4-8-18-15/h6-7,9-10,15,18H,4-5,8H2,1-3H3. The van der Waals surface area contributed by atoms with Crippen LogP contribution in [-0.4, -0.2) is 16.5 Å². The monoisotopic (exact) mass is 267 g/mol. The zero-order valence-corrected chi connectivity index (χ0v) is 12.4. The summed E-state index contributed by atoms with van der Waals surface area (Å²) in [7, 11) is 0. The number of nitrogens with one attached hydrogen (secondary N) is 1. The van der Waals surface area contributed by atoms with Gasteiger partial charge in [0, 0.05) is 11.3 Å². The zero-order chi connectivity index (χ0) is 14.1. The average Bonchev–Trinajstić information content (AvgIpc) is 2.95. The Kier molecular flexibility index (Phi) is 3.53. The van der Waals surface area contributed by atoms with Crippen molar-refractivity contribution in [3.8, 4) is 11.3 Å². The van der Waals surface area contributed by atoms with Gasteiger partial charge in [-0.3, -0.25) is 0 Å². The summed E-state index contributed by atoms with van der Waals surface area (Å²) in [5.41, 5.74) is 5.83. The van der Waals surface area contributed by atoms with Gasteiger partial charge < -0.3 is 5.32 Å². The number of rotatable bonds is 2. The van der Waals surface area contributed by atoms with Gasteiger partial charge in [0.2, 0.25) is 0 Å². The zero-order valence-electron chi connectivity index (χ0n) is 12.4. The van der Waals surface area contributed by atoms with E-state index < -0.39 is 0 Å². The van der Waals surface area contributed by atoms with E-state index in [2.05, 4.69) is 55.3 Å². The first kappa shape index (κ1) is 13.3. The van der Waals surface area contributed by atoms with Crippen molar-refractivity contribution in [2.45, 2.75) is 39.7 Å². The second-order valence-electron chi connectivity index (χ2n) is 5.72. The van der Waals surface area contributed by atoms with Crippen molar-refractivity contribution in [2.75, 3.05) is 6.54 Å². The highest BCUT2D eigenvalue weighted by Gasteiger charge is 2.20. The normalized spacial score (nSPS) is 18.4. The fraction of sp³-hybridized carbons (Fsp3) is 0.412. The number of aryl methyl sites for hydroxylation is 3. The molecule has 2 heterocycles. The third-order valence-electron chi connectivity index (χ3n) is 3.91. The third kappa shape index (κ3) is 2.59. The maximum absolute atomic E-state index is 4.81. The Morgan fingerprint density at radius 2 is 1.95 bits per heavy atom. The molecule has 0 spiro atoms. The van der Waals surface area contributed by atoms with Crippen LogP contribution in [0.3, 0.4) is 0 Å². The summed E-state index contributed by atoms with van der Waals surface area (Å²) < 4.78 is 0. The van der Waals surface area contributed by atoms with E-state index >= 15 is 0 Å². The van der Waals surface area contributed by atoms with Crippen molar-refractivity contribution >= 4 is 0 Å². The molecule has 0 saturated carbocycles. The lowest BCUT2D eigenvalue weighted by Gasteiger charge is -2.13. The molecule has 1 aliphatic heterocycles. The van der Waals surface area contributed by atoms with Crippen LogP contribution in [0.2, 0.25) is 0 Å². The minimum atomic E-state index is 0.318. The first-order valence-corrected chi connectivity index (χ1v) is 7.30. The Morgan fingerprint density at radius 3 is 2.70 bits per heavy atom. The first-order valence-electron chi connectivity index (χ1n) is 7.30. The van der Waals surface area contributed by atoms with Gasteiger partial charge in [0.15, 0.2) is 0 Å². The van der Waals surface area contributed by atoms with Crippen molar-refractivity contribution < 1.29 is 0 Å². The van der Waals surface area contributed by atoms with Gasteiger partial charge in [-0.2, -0.15) is 0 Å². The Bertz CT molecular complexity index is 628. The van der Waals surface area contributed by atoms with E-state index in [9.17, 15) is 0 Å². The first-order chi connectivity index (χ1) is 9.63. The van der Waals surface area contributed by atoms with Crippen molar-refractivity contribution in [3.63, 3.8) is 0 Å². The molecule has 0 amide bonds.